The molecule has 0 heterocycles. The molecule has 1 aromatic carbocycles. The monoisotopic (exact) mass is 288 g/mol. The van der Waals surface area contributed by atoms with Gasteiger partial charge in [0.2, 0.25) is 0 Å². The lowest BCUT2D eigenvalue weighted by molar-refractivity contribution is 0.0698. The number of carboxylic acid groups (broad SMARTS) is 1. The Morgan fingerprint density at radius 2 is 2.11 bits per heavy atom. The van der Waals surface area contributed by atoms with Gasteiger partial charge in [0.1, 0.15) is 5.82 Å². The van der Waals surface area contributed by atoms with Crippen molar-refractivity contribution < 1.29 is 23.3 Å². The van der Waals surface area contributed by atoms with Gasteiger partial charge in [-0.05, 0) is 18.2 Å². The SMILES string of the molecule is CS(=O)CCNC(=O)Nc1cc(F)ccc1C(=O)O. The number of anilines is 1. The molecule has 0 aliphatic rings. The summed E-state index contributed by atoms with van der Waals surface area (Å²) in [5.74, 6) is -1.65. The van der Waals surface area contributed by atoms with Crippen molar-refractivity contribution in [2.24, 2.45) is 0 Å². The molecule has 0 radical (unpaired) electrons. The predicted octanol–water partition coefficient (Wildman–Crippen LogP) is 1.02. The molecule has 1 atom stereocenters. The number of carbonyl (C=O) groups is 2. The lowest BCUT2D eigenvalue weighted by atomic mass is 10.2. The Balaban J connectivity index is 2.70. The zero-order valence-electron chi connectivity index (χ0n) is 10.1. The van der Waals surface area contributed by atoms with Gasteiger partial charge in [0.25, 0.3) is 0 Å². The van der Waals surface area contributed by atoms with E-state index in [-0.39, 0.29) is 23.5 Å². The first-order chi connectivity index (χ1) is 8.90. The van der Waals surface area contributed by atoms with E-state index in [4.69, 9.17) is 5.11 Å². The summed E-state index contributed by atoms with van der Waals surface area (Å²) >= 11 is 0. The third-order valence-electron chi connectivity index (χ3n) is 2.14. The number of benzene rings is 1. The van der Waals surface area contributed by atoms with Crippen LogP contribution >= 0.6 is 0 Å². The van der Waals surface area contributed by atoms with Gasteiger partial charge in [0.05, 0.1) is 11.3 Å². The summed E-state index contributed by atoms with van der Waals surface area (Å²) in [5, 5.41) is 13.5. The molecule has 0 bridgehead atoms. The highest BCUT2D eigenvalue weighted by Crippen LogP contribution is 2.17. The highest BCUT2D eigenvalue weighted by Gasteiger charge is 2.13. The summed E-state index contributed by atoms with van der Waals surface area (Å²) in [4.78, 5) is 22.3. The number of urea groups is 1. The van der Waals surface area contributed by atoms with Gasteiger partial charge >= 0.3 is 12.0 Å². The van der Waals surface area contributed by atoms with Gasteiger partial charge in [-0.25, -0.2) is 14.0 Å². The number of rotatable bonds is 5. The average molecular weight is 288 g/mol. The van der Waals surface area contributed by atoms with E-state index < -0.39 is 28.6 Å². The van der Waals surface area contributed by atoms with Crippen LogP contribution < -0.4 is 10.6 Å². The number of carbonyl (C=O) groups excluding carboxylic acids is 1. The largest absolute Gasteiger partial charge is 0.478 e. The molecule has 8 heteroatoms. The Bertz CT molecular complexity index is 521. The lowest BCUT2D eigenvalue weighted by Gasteiger charge is -2.09. The summed E-state index contributed by atoms with van der Waals surface area (Å²) in [5.41, 5.74) is -0.349. The van der Waals surface area contributed by atoms with Crippen molar-refractivity contribution in [3.05, 3.63) is 29.6 Å². The lowest BCUT2D eigenvalue weighted by Crippen LogP contribution is -2.32. The van der Waals surface area contributed by atoms with Crippen LogP contribution in [0.25, 0.3) is 0 Å². The fourth-order valence-corrected chi connectivity index (χ4v) is 1.67. The van der Waals surface area contributed by atoms with Crippen molar-refractivity contribution in [1.82, 2.24) is 5.32 Å². The molecule has 104 valence electrons. The molecule has 0 aliphatic carbocycles. The normalized spacial score (nSPS) is 11.7. The zero-order valence-corrected chi connectivity index (χ0v) is 10.9. The first-order valence-corrected chi connectivity index (χ1v) is 7.00. The summed E-state index contributed by atoms with van der Waals surface area (Å²) in [6, 6.07) is 2.29. The minimum absolute atomic E-state index is 0.136. The van der Waals surface area contributed by atoms with Crippen LogP contribution in [0, 0.1) is 5.82 Å². The van der Waals surface area contributed by atoms with Crippen LogP contribution in [0.15, 0.2) is 18.2 Å². The van der Waals surface area contributed by atoms with Gasteiger partial charge in [-0.1, -0.05) is 0 Å². The van der Waals surface area contributed by atoms with Crippen LogP contribution in [0.2, 0.25) is 0 Å². The standard InChI is InChI=1S/C11H13FN2O4S/c1-19(18)5-4-13-11(17)14-9-6-7(12)2-3-8(9)10(15)16/h2-3,6H,4-5H2,1H3,(H,15,16)(H2,13,14,17). The Kier molecular flexibility index (Phi) is 5.43. The quantitative estimate of drug-likeness (QED) is 0.754. The second kappa shape index (κ2) is 6.83. The maximum Gasteiger partial charge on any atom is 0.337 e. The van der Waals surface area contributed by atoms with Crippen molar-refractivity contribution in [1.29, 1.82) is 0 Å². The molecule has 2 amide bonds. The van der Waals surface area contributed by atoms with E-state index in [0.717, 1.165) is 18.2 Å². The molecule has 1 rings (SSSR count). The first kappa shape index (κ1) is 15.1. The van der Waals surface area contributed by atoms with Crippen LogP contribution in [-0.2, 0) is 10.8 Å². The van der Waals surface area contributed by atoms with Gasteiger partial charge in [0, 0.05) is 29.4 Å². The topological polar surface area (TPSA) is 95.5 Å². The number of carboxylic acids is 1. The highest BCUT2D eigenvalue weighted by molar-refractivity contribution is 7.84. The molecule has 1 aromatic rings. The molecule has 3 N–H and O–H groups in total. The van der Waals surface area contributed by atoms with E-state index in [1.165, 1.54) is 6.26 Å². The van der Waals surface area contributed by atoms with E-state index in [9.17, 15) is 18.2 Å². The zero-order chi connectivity index (χ0) is 14.4. The number of hydrogen-bond acceptors (Lipinski definition) is 3. The van der Waals surface area contributed by atoms with Gasteiger partial charge in [-0.2, -0.15) is 0 Å². The van der Waals surface area contributed by atoms with Gasteiger partial charge in [0.15, 0.2) is 0 Å². The minimum atomic E-state index is -1.27. The molecule has 1 unspecified atom stereocenters. The number of amides is 2. The number of aromatic carboxylic acids is 1. The van der Waals surface area contributed by atoms with Crippen LogP contribution in [0.4, 0.5) is 14.9 Å². The summed E-state index contributed by atoms with van der Waals surface area (Å²) in [6.45, 7) is 0.173. The third-order valence-corrected chi connectivity index (χ3v) is 2.91. The van der Waals surface area contributed by atoms with Crippen molar-refractivity contribution >= 4 is 28.5 Å². The smallest absolute Gasteiger partial charge is 0.337 e. The summed E-state index contributed by atoms with van der Waals surface area (Å²) in [7, 11) is -1.04. The fraction of sp³-hybridized carbons (Fsp3) is 0.273. The fourth-order valence-electron chi connectivity index (χ4n) is 1.28. The first-order valence-electron chi connectivity index (χ1n) is 5.28. The Labute approximate surface area is 111 Å². The molecular weight excluding hydrogens is 275 g/mol. The molecular formula is C11H13FN2O4S. The highest BCUT2D eigenvalue weighted by atomic mass is 32.2. The summed E-state index contributed by atoms with van der Waals surface area (Å²) in [6.07, 6.45) is 1.49. The van der Waals surface area contributed by atoms with Gasteiger partial charge in [-0.15, -0.1) is 0 Å². The van der Waals surface area contributed by atoms with E-state index in [1.807, 2.05) is 0 Å². The molecule has 0 aromatic heterocycles. The number of nitrogens with one attached hydrogen (secondary N) is 2. The molecule has 0 saturated carbocycles. The van der Waals surface area contributed by atoms with Crippen molar-refractivity contribution in [2.75, 3.05) is 23.9 Å². The van der Waals surface area contributed by atoms with E-state index >= 15 is 0 Å². The van der Waals surface area contributed by atoms with Crippen molar-refractivity contribution in [2.45, 2.75) is 0 Å². The molecule has 19 heavy (non-hydrogen) atoms. The molecule has 0 fully saturated rings. The van der Waals surface area contributed by atoms with E-state index in [2.05, 4.69) is 10.6 Å². The van der Waals surface area contributed by atoms with Gasteiger partial charge < -0.3 is 15.7 Å². The second-order valence-electron chi connectivity index (χ2n) is 3.65. The summed E-state index contributed by atoms with van der Waals surface area (Å²) < 4.78 is 23.8. The van der Waals surface area contributed by atoms with Crippen LogP contribution in [0.5, 0.6) is 0 Å². The van der Waals surface area contributed by atoms with Crippen LogP contribution in [0.3, 0.4) is 0 Å². The molecule has 0 aliphatic heterocycles. The van der Waals surface area contributed by atoms with Crippen molar-refractivity contribution in [3.63, 3.8) is 0 Å². The van der Waals surface area contributed by atoms with Crippen LogP contribution in [-0.4, -0.2) is 39.9 Å². The molecule has 0 spiro atoms. The number of halogens is 1. The van der Waals surface area contributed by atoms with Crippen molar-refractivity contribution in [3.8, 4) is 0 Å². The average Bonchev–Trinajstić information content (AvgIpc) is 2.27. The molecule has 0 saturated heterocycles. The maximum absolute atomic E-state index is 13.0. The Morgan fingerprint density at radius 1 is 1.42 bits per heavy atom. The van der Waals surface area contributed by atoms with E-state index in [0.29, 0.717) is 0 Å². The second-order valence-corrected chi connectivity index (χ2v) is 5.21. The Hall–Kier alpha value is -1.96. The Morgan fingerprint density at radius 3 is 2.68 bits per heavy atom. The minimum Gasteiger partial charge on any atom is -0.478 e. The van der Waals surface area contributed by atoms with Crippen LogP contribution in [0.1, 0.15) is 10.4 Å². The predicted molar refractivity (Wildman–Crippen MR) is 69.3 cm³/mol. The van der Waals surface area contributed by atoms with Gasteiger partial charge in [-0.3, -0.25) is 4.21 Å². The maximum atomic E-state index is 13.0. The molecule has 6 nitrogen and oxygen atoms in total. The number of hydrogen-bond donors (Lipinski definition) is 3. The third kappa shape index (κ3) is 5.04. The van der Waals surface area contributed by atoms with E-state index in [1.54, 1.807) is 0 Å².